The van der Waals surface area contributed by atoms with E-state index < -0.39 is 0 Å². The van der Waals surface area contributed by atoms with Gasteiger partial charge in [-0.05, 0) is 24.8 Å². The number of hydrogen-bond acceptors (Lipinski definition) is 5. The molecule has 0 radical (unpaired) electrons. The summed E-state index contributed by atoms with van der Waals surface area (Å²) in [5.41, 5.74) is 1.36. The SMILES string of the molecule is O=C(CC1CC1)NCc1cn2c(n1)CN(C(=O)c1ccnnc1)CC2. The minimum absolute atomic E-state index is 0.0663. The maximum Gasteiger partial charge on any atom is 0.256 e. The van der Waals surface area contributed by atoms with Gasteiger partial charge in [0.05, 0.1) is 36.7 Å². The van der Waals surface area contributed by atoms with Gasteiger partial charge < -0.3 is 14.8 Å². The van der Waals surface area contributed by atoms with Gasteiger partial charge in [0.2, 0.25) is 5.91 Å². The van der Waals surface area contributed by atoms with Crippen LogP contribution in [0.25, 0.3) is 0 Å². The Balaban J connectivity index is 1.37. The predicted molar refractivity (Wildman–Crippen MR) is 88.2 cm³/mol. The first-order chi connectivity index (χ1) is 12.2. The quantitative estimate of drug-likeness (QED) is 0.867. The van der Waals surface area contributed by atoms with Crippen molar-refractivity contribution in [2.24, 2.45) is 5.92 Å². The number of hydrogen-bond donors (Lipinski definition) is 1. The summed E-state index contributed by atoms with van der Waals surface area (Å²) in [6, 6.07) is 1.66. The molecule has 25 heavy (non-hydrogen) atoms. The molecule has 0 saturated heterocycles. The molecule has 0 spiro atoms. The number of rotatable bonds is 5. The Bertz CT molecular complexity index is 784. The van der Waals surface area contributed by atoms with Crippen molar-refractivity contribution in [2.45, 2.75) is 38.9 Å². The third kappa shape index (κ3) is 3.67. The van der Waals surface area contributed by atoms with Crippen molar-refractivity contribution in [2.75, 3.05) is 6.54 Å². The Hall–Kier alpha value is -2.77. The molecular weight excluding hydrogens is 320 g/mol. The molecule has 2 amide bonds. The fourth-order valence-corrected chi connectivity index (χ4v) is 3.02. The highest BCUT2D eigenvalue weighted by atomic mass is 16.2. The van der Waals surface area contributed by atoms with Crippen LogP contribution in [-0.2, 0) is 24.4 Å². The van der Waals surface area contributed by atoms with E-state index in [1.165, 1.54) is 25.2 Å². The van der Waals surface area contributed by atoms with Gasteiger partial charge in [0.15, 0.2) is 0 Å². The second kappa shape index (κ2) is 6.62. The van der Waals surface area contributed by atoms with Crippen molar-refractivity contribution in [3.8, 4) is 0 Å². The maximum atomic E-state index is 12.5. The van der Waals surface area contributed by atoms with Crippen LogP contribution in [0.3, 0.4) is 0 Å². The summed E-state index contributed by atoms with van der Waals surface area (Å²) in [5.74, 6) is 1.45. The average Bonchev–Trinajstić information content (AvgIpc) is 3.35. The molecule has 4 rings (SSSR count). The van der Waals surface area contributed by atoms with Gasteiger partial charge in [-0.15, -0.1) is 0 Å². The first-order valence-electron chi connectivity index (χ1n) is 8.56. The van der Waals surface area contributed by atoms with Crippen molar-refractivity contribution in [1.82, 2.24) is 30.0 Å². The Morgan fingerprint density at radius 1 is 1.24 bits per heavy atom. The minimum Gasteiger partial charge on any atom is -0.350 e. The molecule has 1 aliphatic carbocycles. The van der Waals surface area contributed by atoms with E-state index in [4.69, 9.17) is 0 Å². The number of nitrogens with zero attached hydrogens (tertiary/aromatic N) is 5. The zero-order valence-corrected chi connectivity index (χ0v) is 13.9. The summed E-state index contributed by atoms with van der Waals surface area (Å²) in [6.07, 6.45) is 7.91. The average molecular weight is 340 g/mol. The fraction of sp³-hybridized carbons (Fsp3) is 0.471. The lowest BCUT2D eigenvalue weighted by Gasteiger charge is -2.27. The molecule has 2 aliphatic rings. The summed E-state index contributed by atoms with van der Waals surface area (Å²) in [5, 5.41) is 10.4. The molecule has 1 N–H and O–H groups in total. The van der Waals surface area contributed by atoms with Gasteiger partial charge in [-0.1, -0.05) is 0 Å². The van der Waals surface area contributed by atoms with E-state index in [9.17, 15) is 9.59 Å². The van der Waals surface area contributed by atoms with E-state index in [-0.39, 0.29) is 11.8 Å². The van der Waals surface area contributed by atoms with Gasteiger partial charge in [0.25, 0.3) is 5.91 Å². The molecule has 8 nitrogen and oxygen atoms in total. The molecular formula is C17H20N6O2. The van der Waals surface area contributed by atoms with Crippen LogP contribution in [0.1, 0.15) is 41.1 Å². The topological polar surface area (TPSA) is 93.0 Å². The standard InChI is InChI=1S/C17H20N6O2/c24-16(7-12-1-2-12)18-9-14-10-22-5-6-23(11-15(22)21-14)17(25)13-3-4-19-20-8-13/h3-4,8,10,12H,1-2,5-7,9,11H2,(H,18,24). The second-order valence-electron chi connectivity index (χ2n) is 6.62. The lowest BCUT2D eigenvalue weighted by molar-refractivity contribution is -0.121. The van der Waals surface area contributed by atoms with Gasteiger partial charge in [-0.3, -0.25) is 9.59 Å². The third-order valence-electron chi connectivity index (χ3n) is 4.61. The molecule has 3 heterocycles. The Morgan fingerprint density at radius 2 is 2.12 bits per heavy atom. The molecule has 0 atom stereocenters. The maximum absolute atomic E-state index is 12.5. The summed E-state index contributed by atoms with van der Waals surface area (Å²) in [4.78, 5) is 30.6. The van der Waals surface area contributed by atoms with Crippen LogP contribution in [0.5, 0.6) is 0 Å². The first kappa shape index (κ1) is 15.7. The molecule has 1 aliphatic heterocycles. The molecule has 130 valence electrons. The summed E-state index contributed by atoms with van der Waals surface area (Å²) < 4.78 is 2.05. The Labute approximate surface area is 145 Å². The highest BCUT2D eigenvalue weighted by Crippen LogP contribution is 2.32. The molecule has 0 aromatic carbocycles. The Kier molecular flexibility index (Phi) is 4.17. The highest BCUT2D eigenvalue weighted by molar-refractivity contribution is 5.93. The smallest absolute Gasteiger partial charge is 0.256 e. The van der Waals surface area contributed by atoms with Crippen molar-refractivity contribution < 1.29 is 9.59 Å². The van der Waals surface area contributed by atoms with Gasteiger partial charge in [0, 0.05) is 25.7 Å². The van der Waals surface area contributed by atoms with Crippen LogP contribution in [-0.4, -0.2) is 43.0 Å². The van der Waals surface area contributed by atoms with E-state index in [1.54, 1.807) is 11.0 Å². The minimum atomic E-state index is -0.0663. The number of imidazole rings is 1. The van der Waals surface area contributed by atoms with Crippen LogP contribution >= 0.6 is 0 Å². The van der Waals surface area contributed by atoms with E-state index >= 15 is 0 Å². The zero-order valence-electron chi connectivity index (χ0n) is 13.9. The van der Waals surface area contributed by atoms with Gasteiger partial charge in [-0.25, -0.2) is 4.98 Å². The predicted octanol–water partition coefficient (Wildman–Crippen LogP) is 0.745. The fourth-order valence-electron chi connectivity index (χ4n) is 3.02. The molecule has 0 unspecified atom stereocenters. The van der Waals surface area contributed by atoms with Crippen molar-refractivity contribution >= 4 is 11.8 Å². The second-order valence-corrected chi connectivity index (χ2v) is 6.62. The molecule has 1 fully saturated rings. The number of carbonyl (C=O) groups is 2. The number of carbonyl (C=O) groups excluding carboxylic acids is 2. The Morgan fingerprint density at radius 3 is 2.88 bits per heavy atom. The summed E-state index contributed by atoms with van der Waals surface area (Å²) in [6.45, 7) is 2.21. The molecule has 2 aromatic rings. The molecule has 0 bridgehead atoms. The van der Waals surface area contributed by atoms with Gasteiger partial charge in [0.1, 0.15) is 5.82 Å². The summed E-state index contributed by atoms with van der Waals surface area (Å²) in [7, 11) is 0. The van der Waals surface area contributed by atoms with Crippen molar-refractivity contribution in [3.63, 3.8) is 0 Å². The van der Waals surface area contributed by atoms with Crippen LogP contribution in [0.15, 0.2) is 24.7 Å². The van der Waals surface area contributed by atoms with Gasteiger partial charge in [-0.2, -0.15) is 10.2 Å². The number of aromatic nitrogens is 4. The largest absolute Gasteiger partial charge is 0.350 e. The monoisotopic (exact) mass is 340 g/mol. The van der Waals surface area contributed by atoms with Crippen LogP contribution < -0.4 is 5.32 Å². The molecule has 2 aromatic heterocycles. The lowest BCUT2D eigenvalue weighted by atomic mass is 10.2. The van der Waals surface area contributed by atoms with E-state index in [2.05, 4.69) is 25.1 Å². The van der Waals surface area contributed by atoms with E-state index in [0.717, 1.165) is 11.5 Å². The molecule has 1 saturated carbocycles. The number of amides is 2. The van der Waals surface area contributed by atoms with E-state index in [1.807, 2.05) is 6.20 Å². The van der Waals surface area contributed by atoms with Gasteiger partial charge >= 0.3 is 0 Å². The lowest BCUT2D eigenvalue weighted by Crippen LogP contribution is -2.38. The van der Waals surface area contributed by atoms with Crippen LogP contribution in [0, 0.1) is 5.92 Å². The van der Waals surface area contributed by atoms with E-state index in [0.29, 0.717) is 44.1 Å². The van der Waals surface area contributed by atoms with Crippen molar-refractivity contribution in [3.05, 3.63) is 41.7 Å². The zero-order chi connectivity index (χ0) is 17.2. The highest BCUT2D eigenvalue weighted by Gasteiger charge is 2.25. The number of fused-ring (bicyclic) bond motifs is 1. The number of nitrogens with one attached hydrogen (secondary N) is 1. The first-order valence-corrected chi connectivity index (χ1v) is 8.56. The van der Waals surface area contributed by atoms with Crippen LogP contribution in [0.2, 0.25) is 0 Å². The summed E-state index contributed by atoms with van der Waals surface area (Å²) >= 11 is 0. The normalized spacial score (nSPS) is 16.4. The van der Waals surface area contributed by atoms with Crippen molar-refractivity contribution in [1.29, 1.82) is 0 Å². The van der Waals surface area contributed by atoms with Crippen LogP contribution in [0.4, 0.5) is 0 Å². The third-order valence-corrected chi connectivity index (χ3v) is 4.61. The molecule has 8 heteroatoms.